The number of amides is 2. The molecule has 0 N–H and O–H groups in total. The summed E-state index contributed by atoms with van der Waals surface area (Å²) in [7, 11) is 0. The minimum Gasteiger partial charge on any atom is -0.454 e. The van der Waals surface area contributed by atoms with Crippen molar-refractivity contribution in [1.82, 2.24) is 4.90 Å². The molecule has 1 unspecified atom stereocenters. The number of benzene rings is 1. The van der Waals surface area contributed by atoms with Gasteiger partial charge in [0.1, 0.15) is 6.54 Å². The van der Waals surface area contributed by atoms with Gasteiger partial charge in [-0.15, -0.1) is 0 Å². The summed E-state index contributed by atoms with van der Waals surface area (Å²) < 4.78 is 10.7. The smallest absolute Gasteiger partial charge is 0.242 e. The Bertz CT molecular complexity index is 631. The van der Waals surface area contributed by atoms with Crippen LogP contribution in [0.25, 0.3) is 0 Å². The second-order valence-electron chi connectivity index (χ2n) is 6.29. The molecule has 2 heterocycles. The van der Waals surface area contributed by atoms with Gasteiger partial charge in [-0.05, 0) is 37.8 Å². The maximum atomic E-state index is 12.8. The molecule has 24 heavy (non-hydrogen) atoms. The third-order valence-corrected chi connectivity index (χ3v) is 4.76. The van der Waals surface area contributed by atoms with Crippen LogP contribution in [0.4, 0.5) is 5.69 Å². The van der Waals surface area contributed by atoms with Gasteiger partial charge >= 0.3 is 0 Å². The van der Waals surface area contributed by atoms with Gasteiger partial charge in [-0.2, -0.15) is 0 Å². The van der Waals surface area contributed by atoms with Gasteiger partial charge in [0.25, 0.3) is 0 Å². The molecule has 1 fully saturated rings. The van der Waals surface area contributed by atoms with Crippen LogP contribution in [-0.2, 0) is 9.59 Å². The summed E-state index contributed by atoms with van der Waals surface area (Å²) in [5.74, 6) is 1.12. The first kappa shape index (κ1) is 16.6. The van der Waals surface area contributed by atoms with Gasteiger partial charge < -0.3 is 19.3 Å². The first-order valence-electron chi connectivity index (χ1n) is 8.57. The molecule has 0 aromatic heterocycles. The van der Waals surface area contributed by atoms with Crippen molar-refractivity contribution in [2.24, 2.45) is 0 Å². The molecular formula is C18H24N2O4. The SMILES string of the molecule is CCC1CCCCN1C(=O)CN(C(C)=O)c1ccc2c(c1)OCO2. The van der Waals surface area contributed by atoms with Crippen LogP contribution in [0.5, 0.6) is 11.5 Å². The average molecular weight is 332 g/mol. The third kappa shape index (κ3) is 3.32. The molecule has 3 rings (SSSR count). The van der Waals surface area contributed by atoms with Crippen molar-refractivity contribution < 1.29 is 19.1 Å². The highest BCUT2D eigenvalue weighted by Crippen LogP contribution is 2.35. The Kier molecular flexibility index (Phi) is 4.92. The molecule has 6 nitrogen and oxygen atoms in total. The van der Waals surface area contributed by atoms with Crippen molar-refractivity contribution in [2.75, 3.05) is 24.8 Å². The lowest BCUT2D eigenvalue weighted by Gasteiger charge is -2.36. The molecule has 0 spiro atoms. The van der Waals surface area contributed by atoms with Gasteiger partial charge in [0.05, 0.1) is 0 Å². The molecule has 130 valence electrons. The van der Waals surface area contributed by atoms with Gasteiger partial charge in [-0.3, -0.25) is 9.59 Å². The molecule has 1 aromatic carbocycles. The molecule has 0 bridgehead atoms. The summed E-state index contributed by atoms with van der Waals surface area (Å²) in [6, 6.07) is 5.60. The van der Waals surface area contributed by atoms with Crippen LogP contribution in [0.3, 0.4) is 0 Å². The largest absolute Gasteiger partial charge is 0.454 e. The maximum Gasteiger partial charge on any atom is 0.242 e. The molecule has 1 atom stereocenters. The number of likely N-dealkylation sites (tertiary alicyclic amines) is 1. The van der Waals surface area contributed by atoms with Crippen LogP contribution in [-0.4, -0.2) is 42.6 Å². The Labute approximate surface area is 142 Å². The number of hydrogen-bond donors (Lipinski definition) is 0. The van der Waals surface area contributed by atoms with Crippen LogP contribution < -0.4 is 14.4 Å². The summed E-state index contributed by atoms with van der Waals surface area (Å²) in [4.78, 5) is 28.3. The predicted molar refractivity (Wildman–Crippen MR) is 90.2 cm³/mol. The number of ether oxygens (including phenoxy) is 2. The Balaban J connectivity index is 1.76. The predicted octanol–water partition coefficient (Wildman–Crippen LogP) is 2.56. The van der Waals surface area contributed by atoms with Crippen molar-refractivity contribution in [2.45, 2.75) is 45.6 Å². The minimum atomic E-state index is -0.160. The third-order valence-electron chi connectivity index (χ3n) is 4.76. The Morgan fingerprint density at radius 1 is 1.25 bits per heavy atom. The first-order chi connectivity index (χ1) is 11.6. The number of hydrogen-bond acceptors (Lipinski definition) is 4. The fourth-order valence-electron chi connectivity index (χ4n) is 3.42. The lowest BCUT2D eigenvalue weighted by atomic mass is 10.00. The standard InChI is InChI=1S/C18H24N2O4/c1-3-14-6-4-5-9-19(14)18(22)11-20(13(2)21)15-7-8-16-17(10-15)24-12-23-16/h7-8,10,14H,3-6,9,11-12H2,1-2H3. The van der Waals surface area contributed by atoms with E-state index in [-0.39, 0.29) is 31.2 Å². The number of piperidine rings is 1. The topological polar surface area (TPSA) is 59.1 Å². The summed E-state index contributed by atoms with van der Waals surface area (Å²) in [6.07, 6.45) is 4.20. The lowest BCUT2D eigenvalue weighted by molar-refractivity contribution is -0.134. The van der Waals surface area contributed by atoms with E-state index in [0.29, 0.717) is 17.2 Å². The van der Waals surface area contributed by atoms with Crippen LogP contribution in [0, 0.1) is 0 Å². The highest BCUT2D eigenvalue weighted by Gasteiger charge is 2.28. The van der Waals surface area contributed by atoms with Gasteiger partial charge in [-0.25, -0.2) is 0 Å². The molecule has 1 saturated heterocycles. The zero-order chi connectivity index (χ0) is 17.1. The molecule has 2 amide bonds. The van der Waals surface area contributed by atoms with Gasteiger partial charge in [0.15, 0.2) is 11.5 Å². The van der Waals surface area contributed by atoms with Gasteiger partial charge in [0, 0.05) is 31.3 Å². The molecule has 1 aromatic rings. The fourth-order valence-corrected chi connectivity index (χ4v) is 3.42. The summed E-state index contributed by atoms with van der Waals surface area (Å²) >= 11 is 0. The zero-order valence-corrected chi connectivity index (χ0v) is 14.3. The van der Waals surface area contributed by atoms with Crippen LogP contribution in [0.2, 0.25) is 0 Å². The van der Waals surface area contributed by atoms with E-state index in [4.69, 9.17) is 9.47 Å². The molecule has 6 heteroatoms. The van der Waals surface area contributed by atoms with Crippen molar-refractivity contribution in [3.8, 4) is 11.5 Å². The van der Waals surface area contributed by atoms with E-state index in [1.807, 2.05) is 4.90 Å². The molecule has 2 aliphatic heterocycles. The second-order valence-corrected chi connectivity index (χ2v) is 6.29. The van der Waals surface area contributed by atoms with Crippen LogP contribution >= 0.6 is 0 Å². The highest BCUT2D eigenvalue weighted by molar-refractivity contribution is 5.97. The van der Waals surface area contributed by atoms with Crippen LogP contribution in [0.15, 0.2) is 18.2 Å². The van der Waals surface area contributed by atoms with E-state index < -0.39 is 0 Å². The van der Waals surface area contributed by atoms with E-state index in [1.54, 1.807) is 18.2 Å². The number of rotatable bonds is 4. The van der Waals surface area contributed by atoms with Gasteiger partial charge in [-0.1, -0.05) is 6.92 Å². The van der Waals surface area contributed by atoms with Crippen molar-refractivity contribution >= 4 is 17.5 Å². The average Bonchev–Trinajstić information content (AvgIpc) is 3.06. The Morgan fingerprint density at radius 2 is 2.04 bits per heavy atom. The van der Waals surface area contributed by atoms with Crippen molar-refractivity contribution in [3.05, 3.63) is 18.2 Å². The highest BCUT2D eigenvalue weighted by atomic mass is 16.7. The number of nitrogens with zero attached hydrogens (tertiary/aromatic N) is 2. The number of fused-ring (bicyclic) bond motifs is 1. The molecule has 0 aliphatic carbocycles. The first-order valence-corrected chi connectivity index (χ1v) is 8.57. The van der Waals surface area contributed by atoms with E-state index in [0.717, 1.165) is 25.8 Å². The summed E-state index contributed by atoms with van der Waals surface area (Å²) in [5, 5.41) is 0. The molecular weight excluding hydrogens is 308 g/mol. The quantitative estimate of drug-likeness (QED) is 0.850. The van der Waals surface area contributed by atoms with E-state index in [1.165, 1.54) is 18.2 Å². The Morgan fingerprint density at radius 3 is 2.79 bits per heavy atom. The maximum absolute atomic E-state index is 12.8. The van der Waals surface area contributed by atoms with Gasteiger partial charge in [0.2, 0.25) is 18.6 Å². The minimum absolute atomic E-state index is 0.00872. The van der Waals surface area contributed by atoms with E-state index in [9.17, 15) is 9.59 Å². The Hall–Kier alpha value is -2.24. The van der Waals surface area contributed by atoms with E-state index in [2.05, 4.69) is 6.92 Å². The molecule has 0 saturated carbocycles. The molecule has 2 aliphatic rings. The zero-order valence-electron chi connectivity index (χ0n) is 14.3. The van der Waals surface area contributed by atoms with Crippen LogP contribution in [0.1, 0.15) is 39.5 Å². The normalized spacial score (nSPS) is 19.2. The summed E-state index contributed by atoms with van der Waals surface area (Å²) in [6.45, 7) is 4.61. The number of anilines is 1. The fraction of sp³-hybridized carbons (Fsp3) is 0.556. The number of carbonyl (C=O) groups is 2. The number of carbonyl (C=O) groups excluding carboxylic acids is 2. The summed E-state index contributed by atoms with van der Waals surface area (Å²) in [5.41, 5.74) is 0.658. The second kappa shape index (κ2) is 7.11. The van der Waals surface area contributed by atoms with E-state index >= 15 is 0 Å². The molecule has 0 radical (unpaired) electrons. The van der Waals surface area contributed by atoms with Crippen molar-refractivity contribution in [1.29, 1.82) is 0 Å². The van der Waals surface area contributed by atoms with Crippen molar-refractivity contribution in [3.63, 3.8) is 0 Å². The monoisotopic (exact) mass is 332 g/mol. The lowest BCUT2D eigenvalue weighted by Crippen LogP contribution is -2.48.